The summed E-state index contributed by atoms with van der Waals surface area (Å²) in [7, 11) is 0. The summed E-state index contributed by atoms with van der Waals surface area (Å²) in [5, 5.41) is 0. The predicted molar refractivity (Wildman–Crippen MR) is 114 cm³/mol. The Balaban J connectivity index is 1.75. The van der Waals surface area contributed by atoms with Crippen LogP contribution in [0.1, 0.15) is 90.7 Å². The SMILES string of the molecule is CCCCN1CCCC[C@H]1c1ccc(N(C(=O)OC(C)(C)C)C2CCC2)nc1. The van der Waals surface area contributed by atoms with Crippen molar-refractivity contribution in [1.29, 1.82) is 0 Å². The quantitative estimate of drug-likeness (QED) is 0.628. The molecule has 2 heterocycles. The van der Waals surface area contributed by atoms with Crippen molar-refractivity contribution in [2.75, 3.05) is 18.0 Å². The molecule has 2 aliphatic rings. The molecular formula is C23H37N3O2. The number of ether oxygens (including phenoxy) is 1. The molecule has 1 atom stereocenters. The molecule has 5 heteroatoms. The number of unbranched alkanes of at least 4 members (excludes halogenated alkanes) is 1. The highest BCUT2D eigenvalue weighted by atomic mass is 16.6. The van der Waals surface area contributed by atoms with Crippen LogP contribution in [0.3, 0.4) is 0 Å². The van der Waals surface area contributed by atoms with Gasteiger partial charge in [0.15, 0.2) is 0 Å². The number of carbonyl (C=O) groups is 1. The minimum Gasteiger partial charge on any atom is -0.443 e. The lowest BCUT2D eigenvalue weighted by atomic mass is 9.91. The maximum atomic E-state index is 12.8. The zero-order valence-corrected chi connectivity index (χ0v) is 18.1. The number of pyridine rings is 1. The number of anilines is 1. The number of hydrogen-bond donors (Lipinski definition) is 0. The monoisotopic (exact) mass is 387 g/mol. The molecule has 5 nitrogen and oxygen atoms in total. The Bertz CT molecular complexity index is 634. The highest BCUT2D eigenvalue weighted by Crippen LogP contribution is 2.33. The minimum atomic E-state index is -0.499. The minimum absolute atomic E-state index is 0.212. The normalized spacial score (nSPS) is 21.2. The number of amides is 1. The first-order chi connectivity index (χ1) is 13.4. The topological polar surface area (TPSA) is 45.7 Å². The molecule has 0 aromatic carbocycles. The molecule has 1 aromatic rings. The lowest BCUT2D eigenvalue weighted by molar-refractivity contribution is 0.0548. The lowest BCUT2D eigenvalue weighted by Crippen LogP contribution is -2.47. The molecule has 2 fully saturated rings. The maximum absolute atomic E-state index is 12.8. The summed E-state index contributed by atoms with van der Waals surface area (Å²) in [6, 6.07) is 4.86. The van der Waals surface area contributed by atoms with Crippen molar-refractivity contribution in [2.24, 2.45) is 0 Å². The van der Waals surface area contributed by atoms with Gasteiger partial charge >= 0.3 is 6.09 Å². The van der Waals surface area contributed by atoms with Crippen molar-refractivity contribution in [1.82, 2.24) is 9.88 Å². The van der Waals surface area contributed by atoms with E-state index in [1.54, 1.807) is 4.90 Å². The summed E-state index contributed by atoms with van der Waals surface area (Å²) in [5.74, 6) is 0.721. The Hall–Kier alpha value is -1.62. The molecule has 1 aliphatic heterocycles. The second-order valence-corrected chi connectivity index (χ2v) is 9.29. The van der Waals surface area contributed by atoms with Gasteiger partial charge in [0, 0.05) is 18.3 Å². The van der Waals surface area contributed by atoms with Gasteiger partial charge in [-0.1, -0.05) is 25.8 Å². The van der Waals surface area contributed by atoms with Crippen molar-refractivity contribution in [3.63, 3.8) is 0 Å². The molecule has 28 heavy (non-hydrogen) atoms. The van der Waals surface area contributed by atoms with E-state index in [9.17, 15) is 4.79 Å². The van der Waals surface area contributed by atoms with Gasteiger partial charge in [0.05, 0.1) is 0 Å². The van der Waals surface area contributed by atoms with Crippen LogP contribution < -0.4 is 4.90 Å². The summed E-state index contributed by atoms with van der Waals surface area (Å²) in [6.45, 7) is 10.3. The van der Waals surface area contributed by atoms with E-state index in [4.69, 9.17) is 9.72 Å². The molecule has 1 aliphatic carbocycles. The third-order valence-electron chi connectivity index (χ3n) is 5.84. The predicted octanol–water partition coefficient (Wildman–Crippen LogP) is 5.70. The molecule has 0 bridgehead atoms. The molecule has 0 radical (unpaired) electrons. The van der Waals surface area contributed by atoms with Crippen LogP contribution in [0.4, 0.5) is 10.6 Å². The number of piperidine rings is 1. The van der Waals surface area contributed by atoms with Gasteiger partial charge in [-0.2, -0.15) is 0 Å². The third-order valence-corrected chi connectivity index (χ3v) is 5.84. The molecule has 0 unspecified atom stereocenters. The standard InChI is InChI=1S/C23H37N3O2/c1-5-6-15-25-16-8-7-12-20(25)18-13-14-21(24-17-18)26(19-10-9-11-19)22(27)28-23(2,3)4/h13-14,17,19-20H,5-12,15-16H2,1-4H3/t20-/m0/s1. The molecule has 1 saturated heterocycles. The highest BCUT2D eigenvalue weighted by molar-refractivity contribution is 5.87. The zero-order valence-electron chi connectivity index (χ0n) is 18.1. The molecule has 1 aromatic heterocycles. The van der Waals surface area contributed by atoms with E-state index in [0.29, 0.717) is 6.04 Å². The average Bonchev–Trinajstić information content (AvgIpc) is 2.62. The Morgan fingerprint density at radius 2 is 2.00 bits per heavy atom. The van der Waals surface area contributed by atoms with E-state index >= 15 is 0 Å². The highest BCUT2D eigenvalue weighted by Gasteiger charge is 2.34. The fraction of sp³-hybridized carbons (Fsp3) is 0.739. The summed E-state index contributed by atoms with van der Waals surface area (Å²) >= 11 is 0. The van der Waals surface area contributed by atoms with Gasteiger partial charge in [0.2, 0.25) is 0 Å². The third kappa shape index (κ3) is 5.25. The van der Waals surface area contributed by atoms with Crippen molar-refractivity contribution in [3.8, 4) is 0 Å². The number of aromatic nitrogens is 1. The molecule has 156 valence electrons. The molecule has 0 N–H and O–H groups in total. The van der Waals surface area contributed by atoms with Crippen molar-refractivity contribution < 1.29 is 9.53 Å². The van der Waals surface area contributed by atoms with Gasteiger partial charge in [0.1, 0.15) is 11.4 Å². The van der Waals surface area contributed by atoms with E-state index in [-0.39, 0.29) is 12.1 Å². The smallest absolute Gasteiger partial charge is 0.416 e. The van der Waals surface area contributed by atoms with Crippen LogP contribution >= 0.6 is 0 Å². The molecular weight excluding hydrogens is 350 g/mol. The Labute approximate surface area is 170 Å². The summed E-state index contributed by atoms with van der Waals surface area (Å²) in [4.78, 5) is 21.9. The van der Waals surface area contributed by atoms with Crippen molar-refractivity contribution >= 4 is 11.9 Å². The second kappa shape index (κ2) is 9.25. The van der Waals surface area contributed by atoms with Crippen LogP contribution in [-0.4, -0.2) is 40.7 Å². The Morgan fingerprint density at radius 1 is 1.21 bits per heavy atom. The van der Waals surface area contributed by atoms with Crippen LogP contribution in [0.15, 0.2) is 18.3 Å². The van der Waals surface area contributed by atoms with Crippen LogP contribution in [-0.2, 0) is 4.74 Å². The number of hydrogen-bond acceptors (Lipinski definition) is 4. The van der Waals surface area contributed by atoms with Crippen LogP contribution in [0, 0.1) is 0 Å². The molecule has 0 spiro atoms. The number of likely N-dealkylation sites (tertiary alicyclic amines) is 1. The van der Waals surface area contributed by atoms with E-state index in [1.807, 2.05) is 33.0 Å². The summed E-state index contributed by atoms with van der Waals surface area (Å²) in [6.07, 6.45) is 11.2. The first-order valence-electron chi connectivity index (χ1n) is 11.1. The van der Waals surface area contributed by atoms with Gasteiger partial charge in [-0.3, -0.25) is 9.80 Å². The van der Waals surface area contributed by atoms with E-state index in [0.717, 1.165) is 31.6 Å². The number of carbonyl (C=O) groups excluding carboxylic acids is 1. The summed E-state index contributed by atoms with van der Waals surface area (Å²) < 4.78 is 5.66. The van der Waals surface area contributed by atoms with E-state index in [1.165, 1.54) is 44.2 Å². The van der Waals surface area contributed by atoms with Crippen LogP contribution in [0.25, 0.3) is 0 Å². The van der Waals surface area contributed by atoms with Crippen molar-refractivity contribution in [3.05, 3.63) is 23.9 Å². The second-order valence-electron chi connectivity index (χ2n) is 9.29. The van der Waals surface area contributed by atoms with Gasteiger partial charge in [-0.15, -0.1) is 0 Å². The fourth-order valence-corrected chi connectivity index (χ4v) is 4.12. The lowest BCUT2D eigenvalue weighted by Gasteiger charge is -2.38. The molecule has 1 saturated carbocycles. The number of nitrogens with zero attached hydrogens (tertiary/aromatic N) is 3. The van der Waals surface area contributed by atoms with E-state index < -0.39 is 5.60 Å². The molecule has 3 rings (SSSR count). The zero-order chi connectivity index (χ0) is 20.1. The van der Waals surface area contributed by atoms with E-state index in [2.05, 4.69) is 17.9 Å². The first-order valence-corrected chi connectivity index (χ1v) is 11.1. The van der Waals surface area contributed by atoms with Crippen LogP contribution in [0.5, 0.6) is 0 Å². The average molecular weight is 388 g/mol. The Kier molecular flexibility index (Phi) is 6.97. The van der Waals surface area contributed by atoms with Gasteiger partial charge in [-0.25, -0.2) is 9.78 Å². The Morgan fingerprint density at radius 3 is 2.57 bits per heavy atom. The molecule has 1 amide bonds. The largest absolute Gasteiger partial charge is 0.443 e. The van der Waals surface area contributed by atoms with Crippen LogP contribution in [0.2, 0.25) is 0 Å². The summed E-state index contributed by atoms with van der Waals surface area (Å²) in [5.41, 5.74) is 0.776. The first kappa shape index (κ1) is 21.1. The van der Waals surface area contributed by atoms with Gasteiger partial charge < -0.3 is 4.74 Å². The van der Waals surface area contributed by atoms with Crippen molar-refractivity contribution in [2.45, 2.75) is 96.7 Å². The van der Waals surface area contributed by atoms with Gasteiger partial charge in [0.25, 0.3) is 0 Å². The van der Waals surface area contributed by atoms with Gasteiger partial charge in [-0.05, 0) is 84.0 Å². The number of rotatable bonds is 6. The maximum Gasteiger partial charge on any atom is 0.416 e. The fourth-order valence-electron chi connectivity index (χ4n) is 4.12.